The lowest BCUT2D eigenvalue weighted by Gasteiger charge is -2.45. The van der Waals surface area contributed by atoms with Crippen molar-refractivity contribution in [2.75, 3.05) is 32.8 Å². The lowest BCUT2D eigenvalue weighted by atomic mass is 9.89. The van der Waals surface area contributed by atoms with Gasteiger partial charge in [-0.15, -0.1) is 0 Å². The van der Waals surface area contributed by atoms with Crippen molar-refractivity contribution in [2.24, 2.45) is 0 Å². The molecule has 0 spiro atoms. The predicted octanol–water partition coefficient (Wildman–Crippen LogP) is 1.36. The van der Waals surface area contributed by atoms with Crippen molar-refractivity contribution in [3.63, 3.8) is 0 Å². The Balaban J connectivity index is 1.28. The summed E-state index contributed by atoms with van der Waals surface area (Å²) in [5.41, 5.74) is 1.29. The Bertz CT molecular complexity index is 713. The smallest absolute Gasteiger partial charge is 0.253 e. The van der Waals surface area contributed by atoms with E-state index in [-0.39, 0.29) is 24.5 Å². The van der Waals surface area contributed by atoms with Crippen LogP contribution < -0.4 is 5.32 Å². The van der Waals surface area contributed by atoms with E-state index in [1.54, 1.807) is 18.3 Å². The third-order valence-electron chi connectivity index (χ3n) is 6.44. The second-order valence-corrected chi connectivity index (χ2v) is 8.18. The van der Waals surface area contributed by atoms with Gasteiger partial charge in [-0.1, -0.05) is 6.42 Å². The Kier molecular flexibility index (Phi) is 5.92. The van der Waals surface area contributed by atoms with Gasteiger partial charge in [0, 0.05) is 50.2 Å². The molecule has 2 amide bonds. The minimum absolute atomic E-state index is 0.0766. The highest BCUT2D eigenvalue weighted by Gasteiger charge is 2.35. The fourth-order valence-corrected chi connectivity index (χ4v) is 4.46. The van der Waals surface area contributed by atoms with Gasteiger partial charge in [-0.25, -0.2) is 0 Å². The average Bonchev–Trinajstić information content (AvgIpc) is 2.67. The van der Waals surface area contributed by atoms with Crippen LogP contribution in [0.2, 0.25) is 0 Å². The lowest BCUT2D eigenvalue weighted by Crippen LogP contribution is -2.57. The molecule has 7 nitrogen and oxygen atoms in total. The topological polar surface area (TPSA) is 74.8 Å². The van der Waals surface area contributed by atoms with Gasteiger partial charge >= 0.3 is 0 Å². The molecule has 0 unspecified atom stereocenters. The number of hydrogen-bond acceptors (Lipinski definition) is 5. The van der Waals surface area contributed by atoms with Gasteiger partial charge in [-0.3, -0.25) is 14.6 Å². The van der Waals surface area contributed by atoms with Gasteiger partial charge in [-0.05, 0) is 44.7 Å². The summed E-state index contributed by atoms with van der Waals surface area (Å²) < 4.78 is 5.68. The zero-order chi connectivity index (χ0) is 19.5. The number of aromatic nitrogens is 1. The molecule has 28 heavy (non-hydrogen) atoms. The number of hydrogen-bond donors (Lipinski definition) is 1. The molecule has 0 aromatic carbocycles. The van der Waals surface area contributed by atoms with Crippen molar-refractivity contribution in [3.8, 4) is 0 Å². The highest BCUT2D eigenvalue weighted by atomic mass is 16.5. The first-order valence-corrected chi connectivity index (χ1v) is 10.5. The van der Waals surface area contributed by atoms with Crippen molar-refractivity contribution in [1.82, 2.24) is 20.1 Å². The number of rotatable bonds is 5. The van der Waals surface area contributed by atoms with Crippen LogP contribution in [0.15, 0.2) is 18.3 Å². The highest BCUT2D eigenvalue weighted by molar-refractivity contribution is 5.95. The quantitative estimate of drug-likeness (QED) is 0.827. The minimum atomic E-state index is -0.164. The second kappa shape index (κ2) is 8.57. The largest absolute Gasteiger partial charge is 0.365 e. The first-order chi connectivity index (χ1) is 13.6. The molecule has 2 aliphatic heterocycles. The number of aryl methyl sites for hydroxylation is 1. The molecule has 1 aromatic rings. The molecule has 3 aliphatic rings. The Labute approximate surface area is 166 Å². The number of pyridine rings is 1. The molecular weight excluding hydrogens is 356 g/mol. The molecular formula is C21H30N4O3. The lowest BCUT2D eigenvalue weighted by molar-refractivity contribution is -0.153. The summed E-state index contributed by atoms with van der Waals surface area (Å²) >= 11 is 0. The van der Waals surface area contributed by atoms with Gasteiger partial charge in [0.05, 0.1) is 11.7 Å². The molecule has 4 rings (SSSR count). The number of amides is 2. The fraction of sp³-hybridized carbons (Fsp3) is 0.667. The van der Waals surface area contributed by atoms with Gasteiger partial charge in [0.15, 0.2) is 0 Å². The van der Waals surface area contributed by atoms with Crippen LogP contribution in [-0.4, -0.2) is 77.6 Å². The molecule has 1 aromatic heterocycles. The van der Waals surface area contributed by atoms with E-state index in [2.05, 4.69) is 15.2 Å². The Morgan fingerprint density at radius 3 is 2.71 bits per heavy atom. The van der Waals surface area contributed by atoms with Crippen molar-refractivity contribution < 1.29 is 14.3 Å². The van der Waals surface area contributed by atoms with Crippen LogP contribution in [0.4, 0.5) is 0 Å². The van der Waals surface area contributed by atoms with Crippen LogP contribution in [0.1, 0.15) is 48.2 Å². The van der Waals surface area contributed by atoms with E-state index >= 15 is 0 Å². The van der Waals surface area contributed by atoms with Gasteiger partial charge in [0.1, 0.15) is 6.61 Å². The van der Waals surface area contributed by atoms with E-state index in [4.69, 9.17) is 4.74 Å². The molecule has 0 bridgehead atoms. The molecule has 0 radical (unpaired) electrons. The molecule has 3 fully saturated rings. The average molecular weight is 386 g/mol. The fourth-order valence-electron chi connectivity index (χ4n) is 4.46. The summed E-state index contributed by atoms with van der Waals surface area (Å²) in [5.74, 6) is -0.0702. The summed E-state index contributed by atoms with van der Waals surface area (Å²) in [5, 5.41) is 2.93. The van der Waals surface area contributed by atoms with E-state index < -0.39 is 0 Å². The number of nitrogens with one attached hydrogen (secondary N) is 1. The standard InChI is InChI=1S/C21H30N4O3/c1-15-19(6-3-9-22-15)21(27)23-12-18-13-25(20(26)14-28-18)17-7-10-24(11-8-17)16-4-2-5-16/h3,6,9,16-18H,2,4-5,7-8,10-14H2,1H3,(H,23,27)/t18-/m1/s1. The Morgan fingerprint density at radius 1 is 1.25 bits per heavy atom. The maximum atomic E-state index is 12.4. The first-order valence-electron chi connectivity index (χ1n) is 10.5. The van der Waals surface area contributed by atoms with E-state index in [1.807, 2.05) is 11.8 Å². The maximum absolute atomic E-state index is 12.4. The molecule has 1 atom stereocenters. The number of carbonyl (C=O) groups excluding carboxylic acids is 2. The van der Waals surface area contributed by atoms with E-state index in [0.29, 0.717) is 30.4 Å². The zero-order valence-electron chi connectivity index (χ0n) is 16.6. The van der Waals surface area contributed by atoms with Crippen molar-refractivity contribution >= 4 is 11.8 Å². The van der Waals surface area contributed by atoms with E-state index in [1.165, 1.54) is 19.3 Å². The molecule has 2 saturated heterocycles. The van der Waals surface area contributed by atoms with Crippen molar-refractivity contribution in [1.29, 1.82) is 0 Å². The number of nitrogens with zero attached hydrogens (tertiary/aromatic N) is 3. The van der Waals surface area contributed by atoms with Crippen LogP contribution in [-0.2, 0) is 9.53 Å². The number of morpholine rings is 1. The number of likely N-dealkylation sites (tertiary alicyclic amines) is 1. The number of carbonyl (C=O) groups is 2. The van der Waals surface area contributed by atoms with Crippen molar-refractivity contribution in [3.05, 3.63) is 29.6 Å². The summed E-state index contributed by atoms with van der Waals surface area (Å²) in [6.07, 6.45) is 7.61. The van der Waals surface area contributed by atoms with Crippen LogP contribution in [0.5, 0.6) is 0 Å². The summed E-state index contributed by atoms with van der Waals surface area (Å²) in [7, 11) is 0. The number of piperidine rings is 1. The van der Waals surface area contributed by atoms with Gasteiger partial charge in [0.2, 0.25) is 5.91 Å². The molecule has 1 aliphatic carbocycles. The van der Waals surface area contributed by atoms with Crippen LogP contribution in [0.3, 0.4) is 0 Å². The van der Waals surface area contributed by atoms with Crippen LogP contribution >= 0.6 is 0 Å². The SMILES string of the molecule is Cc1ncccc1C(=O)NC[C@@H]1CN(C2CCN(C3CCC3)CC2)C(=O)CO1. The Hall–Kier alpha value is -1.99. The van der Waals surface area contributed by atoms with Crippen LogP contribution in [0.25, 0.3) is 0 Å². The minimum Gasteiger partial charge on any atom is -0.365 e. The predicted molar refractivity (Wildman–Crippen MR) is 105 cm³/mol. The Morgan fingerprint density at radius 2 is 2.04 bits per heavy atom. The maximum Gasteiger partial charge on any atom is 0.253 e. The molecule has 1 N–H and O–H groups in total. The van der Waals surface area contributed by atoms with Gasteiger partial charge in [-0.2, -0.15) is 0 Å². The highest BCUT2D eigenvalue weighted by Crippen LogP contribution is 2.29. The molecule has 152 valence electrons. The van der Waals surface area contributed by atoms with Gasteiger partial charge in [0.25, 0.3) is 5.91 Å². The zero-order valence-corrected chi connectivity index (χ0v) is 16.6. The molecule has 3 heterocycles. The van der Waals surface area contributed by atoms with Crippen molar-refractivity contribution in [2.45, 2.75) is 57.2 Å². The normalized spacial score (nSPS) is 24.8. The second-order valence-electron chi connectivity index (χ2n) is 8.18. The van der Waals surface area contributed by atoms with E-state index in [0.717, 1.165) is 32.0 Å². The third-order valence-corrected chi connectivity index (χ3v) is 6.44. The summed E-state index contributed by atoms with van der Waals surface area (Å²) in [6.45, 7) is 5.05. The number of ether oxygens (including phenoxy) is 1. The van der Waals surface area contributed by atoms with Crippen LogP contribution in [0, 0.1) is 6.92 Å². The monoisotopic (exact) mass is 386 g/mol. The van der Waals surface area contributed by atoms with Gasteiger partial charge < -0.3 is 19.9 Å². The summed E-state index contributed by atoms with van der Waals surface area (Å²) in [6, 6.07) is 4.60. The van der Waals surface area contributed by atoms with E-state index in [9.17, 15) is 9.59 Å². The third kappa shape index (κ3) is 4.20. The first kappa shape index (κ1) is 19.3. The molecule has 1 saturated carbocycles. The molecule has 7 heteroatoms. The summed E-state index contributed by atoms with van der Waals surface area (Å²) in [4.78, 5) is 33.6.